The van der Waals surface area contributed by atoms with Gasteiger partial charge in [0.15, 0.2) is 0 Å². The van der Waals surface area contributed by atoms with Crippen LogP contribution in [0.4, 0.5) is 0 Å². The number of benzene rings is 1. The standard InChI is InChI=1S/C23H29N3O3/c1-16-20(17(2)29-25-16)13-24-21(27)12-23(10-6-3-7-11-23)15-26-14-18-8-4-5-9-19(18)22(26)28/h4-5,8-9H,3,6-7,10-15H2,1-2H3,(H,24,27). The van der Waals surface area contributed by atoms with Gasteiger partial charge in [0, 0.05) is 37.2 Å². The van der Waals surface area contributed by atoms with Crippen LogP contribution in [0.15, 0.2) is 28.8 Å². The SMILES string of the molecule is Cc1noc(C)c1CNC(=O)CC1(CN2Cc3ccccc3C2=O)CCCCC1. The third-order valence-electron chi connectivity index (χ3n) is 6.52. The number of aromatic nitrogens is 1. The van der Waals surface area contributed by atoms with Gasteiger partial charge in [-0.1, -0.05) is 42.6 Å². The summed E-state index contributed by atoms with van der Waals surface area (Å²) in [5.74, 6) is 0.883. The molecule has 6 heteroatoms. The Labute approximate surface area is 171 Å². The van der Waals surface area contributed by atoms with Crippen molar-refractivity contribution in [3.05, 3.63) is 52.4 Å². The molecule has 2 amide bonds. The van der Waals surface area contributed by atoms with Gasteiger partial charge in [0.05, 0.1) is 5.69 Å². The first-order valence-corrected chi connectivity index (χ1v) is 10.5. The smallest absolute Gasteiger partial charge is 0.254 e. The minimum absolute atomic E-state index is 0.0380. The highest BCUT2D eigenvalue weighted by atomic mass is 16.5. The Bertz CT molecular complexity index is 892. The van der Waals surface area contributed by atoms with Crippen LogP contribution in [0.3, 0.4) is 0 Å². The summed E-state index contributed by atoms with van der Waals surface area (Å²) in [4.78, 5) is 27.6. The Morgan fingerprint density at radius 3 is 2.66 bits per heavy atom. The monoisotopic (exact) mass is 395 g/mol. The highest BCUT2D eigenvalue weighted by Crippen LogP contribution is 2.41. The van der Waals surface area contributed by atoms with Gasteiger partial charge >= 0.3 is 0 Å². The predicted octanol–water partition coefficient (Wildman–Crippen LogP) is 3.90. The van der Waals surface area contributed by atoms with Crippen molar-refractivity contribution in [3.8, 4) is 0 Å². The molecule has 0 radical (unpaired) electrons. The topological polar surface area (TPSA) is 75.4 Å². The van der Waals surface area contributed by atoms with Crippen LogP contribution in [0.5, 0.6) is 0 Å². The Balaban J connectivity index is 1.43. The van der Waals surface area contributed by atoms with E-state index >= 15 is 0 Å². The number of rotatable bonds is 6. The van der Waals surface area contributed by atoms with Crippen molar-refractivity contribution in [2.45, 2.75) is 65.5 Å². The van der Waals surface area contributed by atoms with Crippen molar-refractivity contribution >= 4 is 11.8 Å². The van der Waals surface area contributed by atoms with Crippen LogP contribution in [0, 0.1) is 19.3 Å². The first-order chi connectivity index (χ1) is 14.0. The zero-order valence-corrected chi connectivity index (χ0v) is 17.3. The summed E-state index contributed by atoms with van der Waals surface area (Å²) in [7, 11) is 0. The van der Waals surface area contributed by atoms with E-state index in [0.29, 0.717) is 26.1 Å². The molecule has 0 bridgehead atoms. The second kappa shape index (κ2) is 8.01. The van der Waals surface area contributed by atoms with Crippen LogP contribution >= 0.6 is 0 Å². The maximum Gasteiger partial charge on any atom is 0.254 e. The maximum atomic E-state index is 12.9. The van der Waals surface area contributed by atoms with E-state index in [9.17, 15) is 9.59 Å². The molecule has 1 aliphatic carbocycles. The zero-order valence-electron chi connectivity index (χ0n) is 17.3. The molecule has 1 saturated carbocycles. The minimum Gasteiger partial charge on any atom is -0.361 e. The van der Waals surface area contributed by atoms with Crippen LogP contribution in [-0.2, 0) is 17.9 Å². The number of hydrogen-bond acceptors (Lipinski definition) is 4. The molecular weight excluding hydrogens is 366 g/mol. The second-order valence-electron chi connectivity index (χ2n) is 8.64. The largest absolute Gasteiger partial charge is 0.361 e. The summed E-state index contributed by atoms with van der Waals surface area (Å²) < 4.78 is 5.18. The van der Waals surface area contributed by atoms with E-state index in [2.05, 4.69) is 10.5 Å². The fourth-order valence-corrected chi connectivity index (χ4v) is 4.88. The summed E-state index contributed by atoms with van der Waals surface area (Å²) >= 11 is 0. The van der Waals surface area contributed by atoms with Gasteiger partial charge in [0.2, 0.25) is 5.91 Å². The van der Waals surface area contributed by atoms with Crippen molar-refractivity contribution in [2.24, 2.45) is 5.41 Å². The molecule has 1 aromatic heterocycles. The second-order valence-corrected chi connectivity index (χ2v) is 8.64. The lowest BCUT2D eigenvalue weighted by atomic mass is 9.71. The lowest BCUT2D eigenvalue weighted by molar-refractivity contribution is -0.124. The van der Waals surface area contributed by atoms with Crippen molar-refractivity contribution in [2.75, 3.05) is 6.54 Å². The number of nitrogens with zero attached hydrogens (tertiary/aromatic N) is 2. The molecule has 4 rings (SSSR count). The first-order valence-electron chi connectivity index (χ1n) is 10.5. The predicted molar refractivity (Wildman–Crippen MR) is 109 cm³/mol. The third-order valence-corrected chi connectivity index (χ3v) is 6.52. The van der Waals surface area contributed by atoms with E-state index in [1.54, 1.807) is 0 Å². The highest BCUT2D eigenvalue weighted by Gasteiger charge is 2.39. The van der Waals surface area contributed by atoms with Crippen molar-refractivity contribution in [1.29, 1.82) is 0 Å². The van der Waals surface area contributed by atoms with Crippen molar-refractivity contribution in [3.63, 3.8) is 0 Å². The van der Waals surface area contributed by atoms with Crippen molar-refractivity contribution in [1.82, 2.24) is 15.4 Å². The van der Waals surface area contributed by atoms with E-state index in [1.165, 1.54) is 6.42 Å². The van der Waals surface area contributed by atoms with Crippen LogP contribution in [-0.4, -0.2) is 28.4 Å². The fourth-order valence-electron chi connectivity index (χ4n) is 4.88. The highest BCUT2D eigenvalue weighted by molar-refractivity contribution is 5.98. The summed E-state index contributed by atoms with van der Waals surface area (Å²) in [5.41, 5.74) is 3.52. The van der Waals surface area contributed by atoms with Crippen LogP contribution in [0.1, 0.15) is 71.5 Å². The number of amides is 2. The number of nitrogens with one attached hydrogen (secondary N) is 1. The van der Waals surface area contributed by atoms with E-state index in [4.69, 9.17) is 4.52 Å². The van der Waals surface area contributed by atoms with Gasteiger partial charge in [-0.3, -0.25) is 9.59 Å². The Kier molecular flexibility index (Phi) is 5.43. The van der Waals surface area contributed by atoms with Gasteiger partial charge in [0.25, 0.3) is 5.91 Å². The number of carbonyl (C=O) groups excluding carboxylic acids is 2. The molecule has 1 fully saturated rings. The summed E-state index contributed by atoms with van der Waals surface area (Å²) in [6.45, 7) is 5.49. The van der Waals surface area contributed by atoms with Gasteiger partial charge in [-0.2, -0.15) is 0 Å². The zero-order chi connectivity index (χ0) is 20.4. The molecule has 29 heavy (non-hydrogen) atoms. The van der Waals surface area contributed by atoms with Gasteiger partial charge in [-0.15, -0.1) is 0 Å². The van der Waals surface area contributed by atoms with E-state index in [1.807, 2.05) is 43.0 Å². The maximum absolute atomic E-state index is 12.9. The lowest BCUT2D eigenvalue weighted by Crippen LogP contribution is -2.42. The molecule has 0 spiro atoms. The summed E-state index contributed by atoms with van der Waals surface area (Å²) in [6, 6.07) is 7.82. The van der Waals surface area contributed by atoms with Gasteiger partial charge in [0.1, 0.15) is 5.76 Å². The fraction of sp³-hybridized carbons (Fsp3) is 0.522. The molecule has 6 nitrogen and oxygen atoms in total. The lowest BCUT2D eigenvalue weighted by Gasteiger charge is -2.39. The molecule has 2 aromatic rings. The van der Waals surface area contributed by atoms with E-state index in [-0.39, 0.29) is 17.2 Å². The summed E-state index contributed by atoms with van der Waals surface area (Å²) in [6.07, 6.45) is 5.88. The molecular formula is C23H29N3O3. The molecule has 0 atom stereocenters. The summed E-state index contributed by atoms with van der Waals surface area (Å²) in [5, 5.41) is 7.00. The molecule has 2 heterocycles. The van der Waals surface area contributed by atoms with Gasteiger partial charge in [-0.25, -0.2) is 0 Å². The third kappa shape index (κ3) is 4.07. The Hall–Kier alpha value is -2.63. The molecule has 1 aromatic carbocycles. The normalized spacial score (nSPS) is 18.0. The Morgan fingerprint density at radius 2 is 1.97 bits per heavy atom. The van der Waals surface area contributed by atoms with Crippen LogP contribution in [0.25, 0.3) is 0 Å². The van der Waals surface area contributed by atoms with Crippen LogP contribution < -0.4 is 5.32 Å². The quantitative estimate of drug-likeness (QED) is 0.805. The number of hydrogen-bond donors (Lipinski definition) is 1. The number of aryl methyl sites for hydroxylation is 2. The molecule has 1 aliphatic heterocycles. The number of carbonyl (C=O) groups is 2. The molecule has 0 saturated heterocycles. The van der Waals surface area contributed by atoms with E-state index in [0.717, 1.165) is 53.8 Å². The molecule has 1 N–H and O–H groups in total. The Morgan fingerprint density at radius 1 is 1.21 bits per heavy atom. The molecule has 2 aliphatic rings. The van der Waals surface area contributed by atoms with Crippen molar-refractivity contribution < 1.29 is 14.1 Å². The first kappa shape index (κ1) is 19.7. The van der Waals surface area contributed by atoms with Gasteiger partial charge in [-0.05, 0) is 43.7 Å². The van der Waals surface area contributed by atoms with E-state index < -0.39 is 0 Å². The number of fused-ring (bicyclic) bond motifs is 1. The minimum atomic E-state index is -0.140. The molecule has 0 unspecified atom stereocenters. The van der Waals surface area contributed by atoms with Gasteiger partial charge < -0.3 is 14.7 Å². The molecule has 154 valence electrons. The average Bonchev–Trinajstić information content (AvgIpc) is 3.20. The average molecular weight is 396 g/mol. The van der Waals surface area contributed by atoms with Crippen LogP contribution in [0.2, 0.25) is 0 Å².